The third-order valence-electron chi connectivity index (χ3n) is 3.09. The van der Waals surface area contributed by atoms with Gasteiger partial charge in [-0.1, -0.05) is 30.3 Å². The molecule has 0 aromatic heterocycles. The average Bonchev–Trinajstić information content (AvgIpc) is 2.54. The van der Waals surface area contributed by atoms with Crippen LogP contribution in [0.2, 0.25) is 0 Å². The lowest BCUT2D eigenvalue weighted by Crippen LogP contribution is -2.35. The predicted molar refractivity (Wildman–Crippen MR) is 86.5 cm³/mol. The van der Waals surface area contributed by atoms with E-state index in [9.17, 15) is 8.78 Å². The third-order valence-corrected chi connectivity index (χ3v) is 3.09. The van der Waals surface area contributed by atoms with Gasteiger partial charge in [-0.05, 0) is 24.1 Å². The van der Waals surface area contributed by atoms with Gasteiger partial charge in [0.15, 0.2) is 17.5 Å². The molecule has 0 radical (unpaired) electrons. The summed E-state index contributed by atoms with van der Waals surface area (Å²) < 4.78 is 31.3. The number of rotatable bonds is 7. The Hall–Kier alpha value is -2.63. The maximum Gasteiger partial charge on any atom is 0.188 e. The van der Waals surface area contributed by atoms with E-state index in [4.69, 9.17) is 10.5 Å². The fraction of sp³-hybridized carbons (Fsp3) is 0.235. The number of benzene rings is 2. The number of aliphatic imine (C=N–C) groups is 1. The van der Waals surface area contributed by atoms with Crippen LogP contribution in [0.1, 0.15) is 5.56 Å². The molecule has 0 bridgehead atoms. The highest BCUT2D eigenvalue weighted by atomic mass is 19.1. The number of guanidine groups is 1. The van der Waals surface area contributed by atoms with Crippen LogP contribution in [-0.4, -0.2) is 25.7 Å². The standard InChI is InChI=1S/C17H19F2N3O/c18-14-6-7-16(15(19)12-14)23-11-10-22-17(20)21-9-8-13-4-2-1-3-5-13/h1-7,12H,8-11H2,(H3,20,21,22). The molecule has 0 aliphatic rings. The molecular formula is C17H19F2N3O. The number of ether oxygens (including phenoxy) is 1. The number of hydrogen-bond donors (Lipinski definition) is 2. The third kappa shape index (κ3) is 5.94. The second kappa shape index (κ2) is 8.73. The molecule has 3 N–H and O–H groups in total. The molecule has 0 aliphatic heterocycles. The second-order valence-electron chi connectivity index (χ2n) is 4.85. The molecule has 2 aromatic carbocycles. The summed E-state index contributed by atoms with van der Waals surface area (Å²) in [6, 6.07) is 13.2. The summed E-state index contributed by atoms with van der Waals surface area (Å²) in [4.78, 5) is 4.20. The Morgan fingerprint density at radius 3 is 2.65 bits per heavy atom. The molecule has 0 aliphatic carbocycles. The molecule has 2 aromatic rings. The average molecular weight is 319 g/mol. The van der Waals surface area contributed by atoms with Crippen molar-refractivity contribution in [1.29, 1.82) is 0 Å². The van der Waals surface area contributed by atoms with Crippen molar-refractivity contribution in [1.82, 2.24) is 5.32 Å². The van der Waals surface area contributed by atoms with Crippen molar-refractivity contribution in [3.8, 4) is 5.75 Å². The minimum atomic E-state index is -0.727. The minimum Gasteiger partial charge on any atom is -0.489 e. The Morgan fingerprint density at radius 1 is 1.13 bits per heavy atom. The molecular weight excluding hydrogens is 300 g/mol. The Labute approximate surface area is 134 Å². The summed E-state index contributed by atoms with van der Waals surface area (Å²) in [5, 5.41) is 2.88. The van der Waals surface area contributed by atoms with Crippen LogP contribution < -0.4 is 15.8 Å². The maximum absolute atomic E-state index is 13.3. The van der Waals surface area contributed by atoms with Crippen LogP contribution in [0.5, 0.6) is 5.75 Å². The number of hydrogen-bond acceptors (Lipinski definition) is 2. The summed E-state index contributed by atoms with van der Waals surface area (Å²) in [7, 11) is 0. The van der Waals surface area contributed by atoms with Gasteiger partial charge in [0.1, 0.15) is 12.4 Å². The highest BCUT2D eigenvalue weighted by molar-refractivity contribution is 5.77. The normalized spacial score (nSPS) is 11.3. The fourth-order valence-electron chi connectivity index (χ4n) is 1.94. The Morgan fingerprint density at radius 2 is 1.91 bits per heavy atom. The zero-order valence-corrected chi connectivity index (χ0v) is 12.6. The van der Waals surface area contributed by atoms with E-state index in [1.54, 1.807) is 0 Å². The first kappa shape index (κ1) is 16.7. The van der Waals surface area contributed by atoms with Gasteiger partial charge in [-0.15, -0.1) is 0 Å². The van der Waals surface area contributed by atoms with Gasteiger partial charge in [0.05, 0.1) is 6.54 Å². The molecule has 4 nitrogen and oxygen atoms in total. The molecule has 0 amide bonds. The molecule has 2 rings (SSSR count). The van der Waals surface area contributed by atoms with Gasteiger partial charge in [0.25, 0.3) is 0 Å². The molecule has 0 saturated carbocycles. The molecule has 0 heterocycles. The van der Waals surface area contributed by atoms with Crippen molar-refractivity contribution < 1.29 is 13.5 Å². The van der Waals surface area contributed by atoms with E-state index >= 15 is 0 Å². The van der Waals surface area contributed by atoms with Crippen molar-refractivity contribution in [2.45, 2.75) is 6.42 Å². The molecule has 6 heteroatoms. The van der Waals surface area contributed by atoms with Crippen LogP contribution in [-0.2, 0) is 6.42 Å². The van der Waals surface area contributed by atoms with Gasteiger partial charge in [-0.3, -0.25) is 4.99 Å². The summed E-state index contributed by atoms with van der Waals surface area (Å²) in [6.45, 7) is 1.14. The zero-order valence-electron chi connectivity index (χ0n) is 12.6. The van der Waals surface area contributed by atoms with E-state index in [0.29, 0.717) is 19.0 Å². The monoisotopic (exact) mass is 319 g/mol. The van der Waals surface area contributed by atoms with E-state index in [1.165, 1.54) is 11.6 Å². The largest absolute Gasteiger partial charge is 0.489 e. The van der Waals surface area contributed by atoms with Crippen molar-refractivity contribution in [3.63, 3.8) is 0 Å². The maximum atomic E-state index is 13.3. The van der Waals surface area contributed by atoms with Gasteiger partial charge in [-0.25, -0.2) is 8.78 Å². The van der Waals surface area contributed by atoms with Crippen LogP contribution in [0.15, 0.2) is 53.5 Å². The molecule has 0 atom stereocenters. The summed E-state index contributed by atoms with van der Waals surface area (Å²) in [5.41, 5.74) is 6.92. The smallest absolute Gasteiger partial charge is 0.188 e. The van der Waals surface area contributed by atoms with Crippen LogP contribution in [0.4, 0.5) is 8.78 Å². The SMILES string of the molecule is NC(=NCCc1ccccc1)NCCOc1ccc(F)cc1F. The van der Waals surface area contributed by atoms with E-state index in [2.05, 4.69) is 10.3 Å². The quantitative estimate of drug-likeness (QED) is 0.468. The van der Waals surface area contributed by atoms with Crippen molar-refractivity contribution in [2.75, 3.05) is 19.7 Å². The van der Waals surface area contributed by atoms with E-state index in [-0.39, 0.29) is 12.4 Å². The van der Waals surface area contributed by atoms with Crippen LogP contribution in [0.25, 0.3) is 0 Å². The Balaban J connectivity index is 1.66. The van der Waals surface area contributed by atoms with Crippen molar-refractivity contribution in [2.24, 2.45) is 10.7 Å². The first-order valence-corrected chi connectivity index (χ1v) is 7.31. The molecule has 122 valence electrons. The number of nitrogens with one attached hydrogen (secondary N) is 1. The summed E-state index contributed by atoms with van der Waals surface area (Å²) >= 11 is 0. The lowest BCUT2D eigenvalue weighted by Gasteiger charge is -2.09. The van der Waals surface area contributed by atoms with E-state index in [1.807, 2.05) is 30.3 Å². The van der Waals surface area contributed by atoms with Gasteiger partial charge in [0.2, 0.25) is 0 Å². The Kier molecular flexibility index (Phi) is 6.35. The first-order valence-electron chi connectivity index (χ1n) is 7.31. The number of nitrogens with zero attached hydrogens (tertiary/aromatic N) is 1. The van der Waals surface area contributed by atoms with E-state index < -0.39 is 11.6 Å². The highest BCUT2D eigenvalue weighted by Crippen LogP contribution is 2.17. The van der Waals surface area contributed by atoms with Gasteiger partial charge in [-0.2, -0.15) is 0 Å². The van der Waals surface area contributed by atoms with Crippen LogP contribution in [0, 0.1) is 11.6 Å². The zero-order chi connectivity index (χ0) is 16.5. The van der Waals surface area contributed by atoms with Crippen molar-refractivity contribution >= 4 is 5.96 Å². The van der Waals surface area contributed by atoms with Gasteiger partial charge < -0.3 is 15.8 Å². The van der Waals surface area contributed by atoms with Gasteiger partial charge in [0, 0.05) is 12.6 Å². The van der Waals surface area contributed by atoms with Crippen LogP contribution >= 0.6 is 0 Å². The lowest BCUT2D eigenvalue weighted by molar-refractivity contribution is 0.305. The van der Waals surface area contributed by atoms with Gasteiger partial charge >= 0.3 is 0 Å². The second-order valence-corrected chi connectivity index (χ2v) is 4.85. The summed E-state index contributed by atoms with van der Waals surface area (Å²) in [5.74, 6) is -1.05. The lowest BCUT2D eigenvalue weighted by atomic mass is 10.2. The molecule has 0 spiro atoms. The fourth-order valence-corrected chi connectivity index (χ4v) is 1.94. The van der Waals surface area contributed by atoms with Crippen LogP contribution in [0.3, 0.4) is 0 Å². The van der Waals surface area contributed by atoms with Crippen molar-refractivity contribution in [3.05, 3.63) is 65.7 Å². The van der Waals surface area contributed by atoms with E-state index in [0.717, 1.165) is 18.6 Å². The number of halogens is 2. The molecule has 23 heavy (non-hydrogen) atoms. The topological polar surface area (TPSA) is 59.6 Å². The Bertz CT molecular complexity index is 648. The highest BCUT2D eigenvalue weighted by Gasteiger charge is 2.04. The number of nitrogens with two attached hydrogens (primary N) is 1. The molecule has 0 saturated heterocycles. The minimum absolute atomic E-state index is 0.00721. The predicted octanol–water partition coefficient (Wildman–Crippen LogP) is 2.49. The summed E-state index contributed by atoms with van der Waals surface area (Å²) in [6.07, 6.45) is 0.806. The molecule has 0 fully saturated rings. The molecule has 0 unspecified atom stereocenters. The first-order chi connectivity index (χ1) is 11.1.